The molecule has 536 valence electrons. The van der Waals surface area contributed by atoms with E-state index in [1.165, 1.54) is 6.92 Å². The second-order valence-corrected chi connectivity index (χ2v) is 23.5. The summed E-state index contributed by atoms with van der Waals surface area (Å²) >= 11 is 0. The van der Waals surface area contributed by atoms with Crippen molar-refractivity contribution >= 4 is 59.4 Å². The number of hydrogen-bond acceptors (Lipinski definition) is 16. The summed E-state index contributed by atoms with van der Waals surface area (Å²) in [6, 6.07) is 73.5. The van der Waals surface area contributed by atoms with Gasteiger partial charge in [-0.25, -0.2) is 19.2 Å². The Bertz CT molecular complexity index is 3840. The summed E-state index contributed by atoms with van der Waals surface area (Å²) in [5.74, 6) is -4.57. The monoisotopic (exact) mass is 1400 g/mol. The predicted molar refractivity (Wildman–Crippen MR) is 386 cm³/mol. The van der Waals surface area contributed by atoms with Crippen LogP contribution in [-0.2, 0) is 86.3 Å². The zero-order valence-electron chi connectivity index (χ0n) is 57.6. The number of carboxylic acid groups (broad SMARTS) is 1. The van der Waals surface area contributed by atoms with Crippen molar-refractivity contribution in [1.82, 2.24) is 21.3 Å². The van der Waals surface area contributed by atoms with Gasteiger partial charge >= 0.3 is 36.1 Å². The number of esters is 3. The van der Waals surface area contributed by atoms with Crippen LogP contribution in [0.3, 0.4) is 0 Å². The lowest BCUT2D eigenvalue weighted by Gasteiger charge is -2.37. The van der Waals surface area contributed by atoms with Gasteiger partial charge in [0.25, 0.3) is 0 Å². The SMILES string of the molecule is C=C(C)C(=O)OCCO.C=C(C)C(=O)OCCOC(=O)CCC(=O)[C@H](CCC(=O)NC(c1ccccc1)(c1ccccc1)c1ccccc1)NC(=O)OCc1ccccc1.O=C(O)CCC(=O)[C@H](CCC(=O)NC(c1ccccc1)(c1ccccc1)c1ccccc1)NC(=O)OCc1ccccc1. The van der Waals surface area contributed by atoms with Crippen molar-refractivity contribution in [3.8, 4) is 0 Å². The fourth-order valence-corrected chi connectivity index (χ4v) is 10.6. The van der Waals surface area contributed by atoms with Crippen LogP contribution in [0.4, 0.5) is 9.59 Å². The molecule has 4 amide bonds. The van der Waals surface area contributed by atoms with E-state index in [9.17, 15) is 47.9 Å². The van der Waals surface area contributed by atoms with Gasteiger partial charge in [0.05, 0.1) is 31.5 Å². The molecule has 21 nitrogen and oxygen atoms in total. The number of carboxylic acids is 1. The molecule has 0 aliphatic heterocycles. The Morgan fingerprint density at radius 1 is 0.369 bits per heavy atom. The van der Waals surface area contributed by atoms with Gasteiger partial charge in [0.15, 0.2) is 11.6 Å². The number of ketones is 2. The Morgan fingerprint density at radius 3 is 0.942 bits per heavy atom. The molecule has 8 rings (SSSR count). The molecular formula is C82H86N4O17. The number of carbonyl (C=O) groups excluding carboxylic acids is 9. The predicted octanol–water partition coefficient (Wildman–Crippen LogP) is 11.9. The largest absolute Gasteiger partial charge is 0.481 e. The van der Waals surface area contributed by atoms with Crippen molar-refractivity contribution in [3.05, 3.63) is 311 Å². The fraction of sp³-hybridized carbons (Fsp3) is 0.244. The zero-order valence-corrected chi connectivity index (χ0v) is 57.6. The molecule has 0 heterocycles. The first-order valence-corrected chi connectivity index (χ1v) is 33.3. The summed E-state index contributed by atoms with van der Waals surface area (Å²) in [6.45, 7) is 9.42. The third kappa shape index (κ3) is 26.2. The van der Waals surface area contributed by atoms with E-state index in [1.54, 1.807) is 31.2 Å². The van der Waals surface area contributed by atoms with E-state index >= 15 is 0 Å². The lowest BCUT2D eigenvalue weighted by Crippen LogP contribution is -2.48. The maximum Gasteiger partial charge on any atom is 0.408 e. The van der Waals surface area contributed by atoms with Crippen molar-refractivity contribution in [2.24, 2.45) is 0 Å². The molecule has 8 aromatic carbocycles. The average molecular weight is 1400 g/mol. The van der Waals surface area contributed by atoms with Crippen LogP contribution in [0.5, 0.6) is 0 Å². The Labute approximate surface area is 599 Å². The van der Waals surface area contributed by atoms with E-state index in [0.29, 0.717) is 5.57 Å². The van der Waals surface area contributed by atoms with Crippen LogP contribution >= 0.6 is 0 Å². The number of aliphatic hydroxyl groups excluding tert-OH is 1. The Kier molecular flexibility index (Phi) is 33.2. The van der Waals surface area contributed by atoms with E-state index in [0.717, 1.165) is 44.5 Å². The highest BCUT2D eigenvalue weighted by Gasteiger charge is 2.40. The molecule has 6 N–H and O–H groups in total. The normalized spacial score (nSPS) is 11.3. The van der Waals surface area contributed by atoms with E-state index in [-0.39, 0.29) is 108 Å². The molecular weight excluding hydrogens is 1310 g/mol. The Morgan fingerprint density at radius 2 is 0.650 bits per heavy atom. The van der Waals surface area contributed by atoms with Gasteiger partial charge in [0.2, 0.25) is 11.8 Å². The van der Waals surface area contributed by atoms with Crippen molar-refractivity contribution in [2.45, 2.75) is 102 Å². The lowest BCUT2D eigenvalue weighted by atomic mass is 9.77. The third-order valence-corrected chi connectivity index (χ3v) is 15.8. The fourth-order valence-electron chi connectivity index (χ4n) is 10.6. The smallest absolute Gasteiger partial charge is 0.408 e. The van der Waals surface area contributed by atoms with Crippen LogP contribution in [0.1, 0.15) is 110 Å². The van der Waals surface area contributed by atoms with E-state index in [4.69, 9.17) is 29.2 Å². The maximum atomic E-state index is 13.9. The summed E-state index contributed by atoms with van der Waals surface area (Å²) in [5.41, 5.74) is 5.02. The third-order valence-electron chi connectivity index (χ3n) is 15.8. The van der Waals surface area contributed by atoms with Gasteiger partial charge in [-0.1, -0.05) is 256 Å². The number of hydrogen-bond donors (Lipinski definition) is 6. The van der Waals surface area contributed by atoms with Gasteiger partial charge in [-0.3, -0.25) is 28.8 Å². The molecule has 0 spiro atoms. The van der Waals surface area contributed by atoms with Crippen molar-refractivity contribution in [1.29, 1.82) is 0 Å². The number of ether oxygens (including phenoxy) is 5. The minimum atomic E-state index is -1.14. The van der Waals surface area contributed by atoms with Crippen LogP contribution in [0.15, 0.2) is 267 Å². The summed E-state index contributed by atoms with van der Waals surface area (Å²) < 4.78 is 25.1. The van der Waals surface area contributed by atoms with Gasteiger partial charge in [-0.2, -0.15) is 0 Å². The number of amides is 4. The first-order valence-electron chi connectivity index (χ1n) is 33.3. The molecule has 0 fully saturated rings. The number of carbonyl (C=O) groups is 10. The van der Waals surface area contributed by atoms with Gasteiger partial charge in [0.1, 0.15) is 44.1 Å². The van der Waals surface area contributed by atoms with Crippen molar-refractivity contribution in [3.63, 3.8) is 0 Å². The minimum Gasteiger partial charge on any atom is -0.481 e. The molecule has 0 saturated carbocycles. The lowest BCUT2D eigenvalue weighted by molar-refractivity contribution is -0.150. The summed E-state index contributed by atoms with van der Waals surface area (Å²) in [7, 11) is 0. The van der Waals surface area contributed by atoms with Gasteiger partial charge in [-0.05, 0) is 71.2 Å². The van der Waals surface area contributed by atoms with E-state index < -0.39 is 70.8 Å². The zero-order chi connectivity index (χ0) is 74.2. The maximum absolute atomic E-state index is 13.9. The van der Waals surface area contributed by atoms with Crippen LogP contribution in [0.2, 0.25) is 0 Å². The highest BCUT2D eigenvalue weighted by Crippen LogP contribution is 2.39. The molecule has 0 aliphatic carbocycles. The standard InChI is InChI=1S/C41H42N2O8.C35H34N2O6.C6H10O3/c1-30(2)39(47)50-28-27-49-38(46)26-24-36(44)35(42-40(48)51-29-31-15-7-3-8-16-31)23-25-37(45)43-41(32-17-9-4-10-18-32,33-19-11-5-12-20-33)34-21-13-6-14-22-34;38-31(22-24-33(40)41)30(36-34(42)43-25-26-13-5-1-6-14-26)21-23-32(39)37-35(27-15-7-2-8-16-27,28-17-9-3-10-18-28)29-19-11-4-12-20-29;1-5(2)6(8)9-4-3-7/h3-22,35H,1,23-29H2,2H3,(H,42,48)(H,43,45);1-20,30H,21-25H2,(H,36,42)(H,37,39)(H,40,41);7H,1,3-4H2,2H3/t35-;30-;/m00./s1. The topological polar surface area (TPSA) is 305 Å². The van der Waals surface area contributed by atoms with Gasteiger partial charge in [-0.15, -0.1) is 0 Å². The first-order chi connectivity index (χ1) is 49.7. The number of aliphatic hydroxyl groups is 1. The number of benzene rings is 8. The minimum absolute atomic E-state index is 0.00303. The first kappa shape index (κ1) is 79.9. The van der Waals surface area contributed by atoms with Crippen LogP contribution < -0.4 is 21.3 Å². The molecule has 0 aromatic heterocycles. The van der Waals surface area contributed by atoms with Crippen LogP contribution in [0, 0.1) is 0 Å². The van der Waals surface area contributed by atoms with Gasteiger partial charge < -0.3 is 55.2 Å². The van der Waals surface area contributed by atoms with Gasteiger partial charge in [0, 0.05) is 36.8 Å². The van der Waals surface area contributed by atoms with E-state index in [2.05, 4.69) is 39.2 Å². The second-order valence-electron chi connectivity index (χ2n) is 23.5. The summed E-state index contributed by atoms with van der Waals surface area (Å²) in [4.78, 5) is 125. The van der Waals surface area contributed by atoms with Crippen LogP contribution in [0.25, 0.3) is 0 Å². The number of nitrogens with one attached hydrogen (secondary N) is 4. The van der Waals surface area contributed by atoms with Crippen LogP contribution in [-0.4, -0.2) is 108 Å². The number of aliphatic carboxylic acids is 1. The van der Waals surface area contributed by atoms with Crippen molar-refractivity contribution in [2.75, 3.05) is 26.4 Å². The second kappa shape index (κ2) is 42.8. The average Bonchev–Trinajstić information content (AvgIpc) is 0.763. The molecule has 0 radical (unpaired) electrons. The van der Waals surface area contributed by atoms with E-state index in [1.807, 2.05) is 218 Å². The molecule has 0 saturated heterocycles. The summed E-state index contributed by atoms with van der Waals surface area (Å²) in [6.07, 6.45) is -3.25. The quantitative estimate of drug-likeness (QED) is 0.00707. The Hall–Kier alpha value is -12.1. The highest BCUT2D eigenvalue weighted by molar-refractivity contribution is 5.92. The molecule has 0 bridgehead atoms. The molecule has 103 heavy (non-hydrogen) atoms. The van der Waals surface area contributed by atoms with Crippen molar-refractivity contribution < 1.29 is 81.8 Å². The molecule has 8 aromatic rings. The molecule has 0 aliphatic rings. The molecule has 21 heteroatoms. The molecule has 2 atom stereocenters. The Balaban J connectivity index is 0.000000292. The summed E-state index contributed by atoms with van der Waals surface area (Å²) in [5, 5.41) is 28.9. The number of rotatable bonds is 35. The number of alkyl carbamates (subject to hydrolysis) is 2. The highest BCUT2D eigenvalue weighted by atomic mass is 16.6. The molecule has 0 unspecified atom stereocenters. The number of Topliss-reactive ketones (excluding diaryl/α,β-unsaturated/α-hetero) is 2.